The quantitative estimate of drug-likeness (QED) is 0.837. The summed E-state index contributed by atoms with van der Waals surface area (Å²) in [5, 5.41) is 2.92. The van der Waals surface area contributed by atoms with Gasteiger partial charge in [-0.1, -0.05) is 0 Å². The zero-order chi connectivity index (χ0) is 15.1. The topological polar surface area (TPSA) is 67.6 Å². The molecule has 21 heavy (non-hydrogen) atoms. The molecule has 0 spiro atoms. The Morgan fingerprint density at radius 1 is 1.43 bits per heavy atom. The maximum Gasteiger partial charge on any atom is 0.238 e. The summed E-state index contributed by atoms with van der Waals surface area (Å²) in [4.78, 5) is 14.3. The number of hydrogen-bond acceptors (Lipinski definition) is 4. The smallest absolute Gasteiger partial charge is 0.238 e. The summed E-state index contributed by atoms with van der Waals surface area (Å²) in [7, 11) is 0. The SMILES string of the molecule is CCOc1ccc(NC(=O)CN2CCCC(CN)C2)cc1. The van der Waals surface area contributed by atoms with Crippen molar-refractivity contribution in [2.75, 3.05) is 38.1 Å². The summed E-state index contributed by atoms with van der Waals surface area (Å²) in [5.74, 6) is 1.37. The molecular weight excluding hydrogens is 266 g/mol. The lowest BCUT2D eigenvalue weighted by molar-refractivity contribution is -0.117. The van der Waals surface area contributed by atoms with E-state index in [1.165, 1.54) is 6.42 Å². The number of nitrogens with two attached hydrogens (primary N) is 1. The number of anilines is 1. The number of nitrogens with zero attached hydrogens (tertiary/aromatic N) is 1. The van der Waals surface area contributed by atoms with Gasteiger partial charge in [-0.2, -0.15) is 0 Å². The Hall–Kier alpha value is -1.59. The molecule has 1 aliphatic rings. The van der Waals surface area contributed by atoms with Gasteiger partial charge in [0.15, 0.2) is 0 Å². The number of likely N-dealkylation sites (tertiary alicyclic amines) is 1. The summed E-state index contributed by atoms with van der Waals surface area (Å²) in [6, 6.07) is 7.46. The Kier molecular flexibility index (Phi) is 6.02. The Bertz CT molecular complexity index is 447. The highest BCUT2D eigenvalue weighted by atomic mass is 16.5. The Labute approximate surface area is 126 Å². The van der Waals surface area contributed by atoms with Crippen molar-refractivity contribution in [2.45, 2.75) is 19.8 Å². The number of nitrogens with one attached hydrogen (secondary N) is 1. The number of amides is 1. The number of hydrogen-bond donors (Lipinski definition) is 2. The average Bonchev–Trinajstić information content (AvgIpc) is 2.49. The maximum absolute atomic E-state index is 12.1. The number of ether oxygens (including phenoxy) is 1. The van der Waals surface area contributed by atoms with Crippen LogP contribution in [0.15, 0.2) is 24.3 Å². The summed E-state index contributed by atoms with van der Waals surface area (Å²) in [6.45, 7) is 5.63. The lowest BCUT2D eigenvalue weighted by Gasteiger charge is -2.31. The van der Waals surface area contributed by atoms with Gasteiger partial charge in [0.1, 0.15) is 5.75 Å². The number of carbonyl (C=O) groups excluding carboxylic acids is 1. The van der Waals surface area contributed by atoms with Crippen molar-refractivity contribution >= 4 is 11.6 Å². The van der Waals surface area contributed by atoms with Gasteiger partial charge in [-0.15, -0.1) is 0 Å². The van der Waals surface area contributed by atoms with Gasteiger partial charge in [0.2, 0.25) is 5.91 Å². The monoisotopic (exact) mass is 291 g/mol. The van der Waals surface area contributed by atoms with Crippen LogP contribution in [0, 0.1) is 5.92 Å². The van der Waals surface area contributed by atoms with E-state index in [2.05, 4.69) is 10.2 Å². The van der Waals surface area contributed by atoms with Crippen LogP contribution in [0.1, 0.15) is 19.8 Å². The van der Waals surface area contributed by atoms with Crippen LogP contribution in [0.2, 0.25) is 0 Å². The van der Waals surface area contributed by atoms with Crippen molar-refractivity contribution in [1.29, 1.82) is 0 Å². The first kappa shape index (κ1) is 15.8. The van der Waals surface area contributed by atoms with Crippen molar-refractivity contribution in [2.24, 2.45) is 11.7 Å². The van der Waals surface area contributed by atoms with E-state index in [0.717, 1.165) is 30.9 Å². The van der Waals surface area contributed by atoms with Crippen LogP contribution in [-0.2, 0) is 4.79 Å². The van der Waals surface area contributed by atoms with E-state index in [1.54, 1.807) is 0 Å². The first-order valence-corrected chi connectivity index (χ1v) is 7.66. The van der Waals surface area contributed by atoms with Crippen LogP contribution >= 0.6 is 0 Å². The molecule has 5 nitrogen and oxygen atoms in total. The third-order valence-corrected chi connectivity index (χ3v) is 3.75. The molecule has 1 fully saturated rings. The number of benzene rings is 1. The molecular formula is C16H25N3O2. The van der Waals surface area contributed by atoms with Crippen LogP contribution in [0.25, 0.3) is 0 Å². The van der Waals surface area contributed by atoms with E-state index in [1.807, 2.05) is 31.2 Å². The Morgan fingerprint density at radius 2 is 2.19 bits per heavy atom. The third kappa shape index (κ3) is 5.02. The molecule has 116 valence electrons. The van der Waals surface area contributed by atoms with Gasteiger partial charge >= 0.3 is 0 Å². The predicted molar refractivity (Wildman–Crippen MR) is 84.5 cm³/mol. The second-order valence-corrected chi connectivity index (χ2v) is 5.48. The van der Waals surface area contributed by atoms with Gasteiger partial charge < -0.3 is 15.8 Å². The molecule has 0 bridgehead atoms. The third-order valence-electron chi connectivity index (χ3n) is 3.75. The van der Waals surface area contributed by atoms with E-state index in [9.17, 15) is 4.79 Å². The molecule has 0 radical (unpaired) electrons. The summed E-state index contributed by atoms with van der Waals surface area (Å²) in [6.07, 6.45) is 2.30. The molecule has 0 aliphatic carbocycles. The first-order valence-electron chi connectivity index (χ1n) is 7.66. The fraction of sp³-hybridized carbons (Fsp3) is 0.562. The molecule has 0 saturated carbocycles. The Morgan fingerprint density at radius 3 is 2.86 bits per heavy atom. The zero-order valence-corrected chi connectivity index (χ0v) is 12.7. The maximum atomic E-state index is 12.1. The Balaban J connectivity index is 1.81. The molecule has 1 atom stereocenters. The number of piperidine rings is 1. The van der Waals surface area contributed by atoms with Crippen LogP contribution in [-0.4, -0.2) is 43.6 Å². The van der Waals surface area contributed by atoms with Gasteiger partial charge in [0, 0.05) is 12.2 Å². The van der Waals surface area contributed by atoms with Crippen LogP contribution < -0.4 is 15.8 Å². The van der Waals surface area contributed by atoms with E-state index in [0.29, 0.717) is 25.6 Å². The second kappa shape index (κ2) is 8.00. The molecule has 2 rings (SSSR count). The molecule has 1 aliphatic heterocycles. The van der Waals surface area contributed by atoms with E-state index in [4.69, 9.17) is 10.5 Å². The average molecular weight is 291 g/mol. The largest absolute Gasteiger partial charge is 0.494 e. The standard InChI is InChI=1S/C16H25N3O2/c1-2-21-15-7-5-14(6-8-15)18-16(20)12-19-9-3-4-13(10-17)11-19/h5-8,13H,2-4,9-12,17H2,1H3,(H,18,20). The highest BCUT2D eigenvalue weighted by molar-refractivity contribution is 5.92. The zero-order valence-electron chi connectivity index (χ0n) is 12.7. The normalized spacial score (nSPS) is 19.2. The summed E-state index contributed by atoms with van der Waals surface area (Å²) >= 11 is 0. The van der Waals surface area contributed by atoms with E-state index < -0.39 is 0 Å². The number of carbonyl (C=O) groups is 1. The van der Waals surface area contributed by atoms with Crippen molar-refractivity contribution in [3.05, 3.63) is 24.3 Å². The second-order valence-electron chi connectivity index (χ2n) is 5.48. The lowest BCUT2D eigenvalue weighted by atomic mass is 9.98. The van der Waals surface area contributed by atoms with Crippen LogP contribution in [0.5, 0.6) is 5.75 Å². The molecule has 1 amide bonds. The van der Waals surface area contributed by atoms with Crippen LogP contribution in [0.4, 0.5) is 5.69 Å². The van der Waals surface area contributed by atoms with Crippen LogP contribution in [0.3, 0.4) is 0 Å². The summed E-state index contributed by atoms with van der Waals surface area (Å²) in [5.41, 5.74) is 6.52. The molecule has 5 heteroatoms. The minimum atomic E-state index is 0.0248. The summed E-state index contributed by atoms with van der Waals surface area (Å²) < 4.78 is 5.38. The van der Waals surface area contributed by atoms with Crippen molar-refractivity contribution in [1.82, 2.24) is 4.90 Å². The molecule has 0 aromatic heterocycles. The molecule has 1 heterocycles. The van der Waals surface area contributed by atoms with Gasteiger partial charge in [-0.3, -0.25) is 9.69 Å². The highest BCUT2D eigenvalue weighted by Crippen LogP contribution is 2.17. The molecule has 1 aromatic carbocycles. The van der Waals surface area contributed by atoms with Crippen molar-refractivity contribution < 1.29 is 9.53 Å². The molecule has 1 aromatic rings. The fourth-order valence-electron chi connectivity index (χ4n) is 2.69. The molecule has 3 N–H and O–H groups in total. The fourth-order valence-corrected chi connectivity index (χ4v) is 2.69. The van der Waals surface area contributed by atoms with E-state index in [-0.39, 0.29) is 5.91 Å². The number of rotatable bonds is 6. The first-order chi connectivity index (χ1) is 10.2. The minimum absolute atomic E-state index is 0.0248. The van der Waals surface area contributed by atoms with E-state index >= 15 is 0 Å². The van der Waals surface area contributed by atoms with Gasteiger partial charge in [-0.25, -0.2) is 0 Å². The molecule has 1 unspecified atom stereocenters. The van der Waals surface area contributed by atoms with Gasteiger partial charge in [0.25, 0.3) is 0 Å². The molecule has 1 saturated heterocycles. The lowest BCUT2D eigenvalue weighted by Crippen LogP contribution is -2.42. The highest BCUT2D eigenvalue weighted by Gasteiger charge is 2.20. The minimum Gasteiger partial charge on any atom is -0.494 e. The van der Waals surface area contributed by atoms with Gasteiger partial charge in [0.05, 0.1) is 13.2 Å². The van der Waals surface area contributed by atoms with Crippen molar-refractivity contribution in [3.8, 4) is 5.75 Å². The van der Waals surface area contributed by atoms with Gasteiger partial charge in [-0.05, 0) is 63.0 Å². The predicted octanol–water partition coefficient (Wildman–Crippen LogP) is 1.69. The van der Waals surface area contributed by atoms with Crippen molar-refractivity contribution in [3.63, 3.8) is 0 Å².